The van der Waals surface area contributed by atoms with Crippen molar-refractivity contribution in [3.8, 4) is 5.75 Å². The second-order valence-corrected chi connectivity index (χ2v) is 5.43. The lowest BCUT2D eigenvalue weighted by Crippen LogP contribution is -2.33. The smallest absolute Gasteiger partial charge is 0.119 e. The highest BCUT2D eigenvalue weighted by Gasteiger charge is 2.17. The van der Waals surface area contributed by atoms with Gasteiger partial charge >= 0.3 is 0 Å². The van der Waals surface area contributed by atoms with Gasteiger partial charge < -0.3 is 10.1 Å². The zero-order valence-corrected chi connectivity index (χ0v) is 11.6. The van der Waals surface area contributed by atoms with Crippen molar-refractivity contribution in [2.75, 3.05) is 6.61 Å². The molecule has 1 N–H and O–H groups in total. The lowest BCUT2D eigenvalue weighted by molar-refractivity contribution is 0.300. The molecule has 2 rings (SSSR count). The highest BCUT2D eigenvalue weighted by atomic mass is 16.5. The fourth-order valence-electron chi connectivity index (χ4n) is 2.75. The summed E-state index contributed by atoms with van der Waals surface area (Å²) in [6, 6.07) is 9.14. The summed E-state index contributed by atoms with van der Waals surface area (Å²) in [5.41, 5.74) is 1.34. The summed E-state index contributed by atoms with van der Waals surface area (Å²) in [5, 5.41) is 3.68. The van der Waals surface area contributed by atoms with Crippen molar-refractivity contribution < 1.29 is 4.74 Å². The van der Waals surface area contributed by atoms with Crippen molar-refractivity contribution in [3.63, 3.8) is 0 Å². The van der Waals surface area contributed by atoms with Gasteiger partial charge in [-0.15, -0.1) is 0 Å². The van der Waals surface area contributed by atoms with E-state index >= 15 is 0 Å². The Bertz CT molecular complexity index is 347. The Balaban J connectivity index is 1.78. The van der Waals surface area contributed by atoms with Crippen LogP contribution in [0.3, 0.4) is 0 Å². The van der Waals surface area contributed by atoms with Gasteiger partial charge in [0.15, 0.2) is 0 Å². The monoisotopic (exact) mass is 247 g/mol. The van der Waals surface area contributed by atoms with E-state index in [1.165, 1.54) is 31.2 Å². The van der Waals surface area contributed by atoms with Crippen molar-refractivity contribution >= 4 is 0 Å². The van der Waals surface area contributed by atoms with Crippen LogP contribution >= 0.6 is 0 Å². The summed E-state index contributed by atoms with van der Waals surface area (Å²) in [7, 11) is 0. The summed E-state index contributed by atoms with van der Waals surface area (Å²) >= 11 is 0. The van der Waals surface area contributed by atoms with Gasteiger partial charge in [0.05, 0.1) is 6.61 Å². The van der Waals surface area contributed by atoms with E-state index in [4.69, 9.17) is 4.74 Å². The van der Waals surface area contributed by atoms with Crippen LogP contribution in [0.5, 0.6) is 5.75 Å². The molecule has 100 valence electrons. The van der Waals surface area contributed by atoms with Crippen LogP contribution in [0.4, 0.5) is 0 Å². The Hall–Kier alpha value is -1.02. The Morgan fingerprint density at radius 2 is 2.00 bits per heavy atom. The predicted octanol–water partition coefficient (Wildman–Crippen LogP) is 3.75. The van der Waals surface area contributed by atoms with Crippen molar-refractivity contribution in [2.45, 2.75) is 52.1 Å². The molecule has 1 aliphatic rings. The molecule has 0 heterocycles. The van der Waals surface area contributed by atoms with Crippen LogP contribution in [0.25, 0.3) is 0 Å². The van der Waals surface area contributed by atoms with E-state index in [1.54, 1.807) is 0 Å². The van der Waals surface area contributed by atoms with Crippen LogP contribution in [0, 0.1) is 5.92 Å². The zero-order chi connectivity index (χ0) is 12.8. The first kappa shape index (κ1) is 13.4. The Morgan fingerprint density at radius 1 is 1.22 bits per heavy atom. The molecule has 2 nitrogen and oxygen atoms in total. The minimum absolute atomic E-state index is 0.709. The van der Waals surface area contributed by atoms with E-state index in [9.17, 15) is 0 Å². The number of hydrogen-bond acceptors (Lipinski definition) is 2. The van der Waals surface area contributed by atoms with Gasteiger partial charge in [-0.05, 0) is 43.4 Å². The molecule has 2 heteroatoms. The van der Waals surface area contributed by atoms with E-state index in [1.807, 2.05) is 6.92 Å². The number of nitrogens with one attached hydrogen (secondary N) is 1. The van der Waals surface area contributed by atoms with Crippen molar-refractivity contribution in [1.29, 1.82) is 0 Å². The maximum atomic E-state index is 5.45. The zero-order valence-electron chi connectivity index (χ0n) is 11.6. The van der Waals surface area contributed by atoms with Gasteiger partial charge in [0.25, 0.3) is 0 Å². The number of benzene rings is 1. The number of rotatable bonds is 5. The fourth-order valence-corrected chi connectivity index (χ4v) is 2.75. The first-order valence-corrected chi connectivity index (χ1v) is 7.23. The van der Waals surface area contributed by atoms with Gasteiger partial charge in [0, 0.05) is 12.6 Å². The second kappa shape index (κ2) is 6.79. The average molecular weight is 247 g/mol. The van der Waals surface area contributed by atoms with Crippen LogP contribution in [0.15, 0.2) is 24.3 Å². The molecule has 1 fully saturated rings. The molecule has 0 aliphatic heterocycles. The molecule has 1 saturated carbocycles. The van der Waals surface area contributed by atoms with E-state index in [2.05, 4.69) is 36.5 Å². The van der Waals surface area contributed by atoms with Crippen LogP contribution < -0.4 is 10.1 Å². The Morgan fingerprint density at radius 3 is 2.67 bits per heavy atom. The van der Waals surface area contributed by atoms with Crippen molar-refractivity contribution in [1.82, 2.24) is 5.32 Å². The third-order valence-electron chi connectivity index (χ3n) is 3.77. The molecule has 1 aromatic carbocycles. The van der Waals surface area contributed by atoms with Gasteiger partial charge in [-0.2, -0.15) is 0 Å². The minimum atomic E-state index is 0.709. The molecule has 0 bridgehead atoms. The molecule has 0 spiro atoms. The first-order valence-electron chi connectivity index (χ1n) is 7.23. The van der Waals surface area contributed by atoms with Crippen molar-refractivity contribution in [2.24, 2.45) is 5.92 Å². The van der Waals surface area contributed by atoms with Crippen LogP contribution in [0.2, 0.25) is 0 Å². The standard InChI is InChI=1S/C16H25NO/c1-3-18-16-9-7-14(8-10-16)12-17-15-6-4-5-13(2)11-15/h7-10,13,15,17H,3-6,11-12H2,1-2H3. The largest absolute Gasteiger partial charge is 0.494 e. The van der Waals surface area contributed by atoms with Gasteiger partial charge in [0.1, 0.15) is 5.75 Å². The first-order chi connectivity index (χ1) is 8.78. The lowest BCUT2D eigenvalue weighted by atomic mass is 9.87. The van der Waals surface area contributed by atoms with E-state index < -0.39 is 0 Å². The number of hydrogen-bond donors (Lipinski definition) is 1. The maximum Gasteiger partial charge on any atom is 0.119 e. The molecule has 0 amide bonds. The third-order valence-corrected chi connectivity index (χ3v) is 3.77. The number of ether oxygens (including phenoxy) is 1. The predicted molar refractivity (Wildman–Crippen MR) is 75.9 cm³/mol. The molecule has 2 atom stereocenters. The second-order valence-electron chi connectivity index (χ2n) is 5.43. The molecule has 18 heavy (non-hydrogen) atoms. The van der Waals surface area contributed by atoms with Gasteiger partial charge in [0.2, 0.25) is 0 Å². The molecule has 1 aliphatic carbocycles. The van der Waals surface area contributed by atoms with E-state index in [0.29, 0.717) is 6.04 Å². The molecule has 2 unspecified atom stereocenters. The molecule has 1 aromatic rings. The minimum Gasteiger partial charge on any atom is -0.494 e. The maximum absolute atomic E-state index is 5.45. The van der Waals surface area contributed by atoms with Crippen molar-refractivity contribution in [3.05, 3.63) is 29.8 Å². The van der Waals surface area contributed by atoms with E-state index in [-0.39, 0.29) is 0 Å². The summed E-state index contributed by atoms with van der Waals surface area (Å²) in [4.78, 5) is 0. The summed E-state index contributed by atoms with van der Waals surface area (Å²) in [5.74, 6) is 1.85. The average Bonchev–Trinajstić information content (AvgIpc) is 2.38. The topological polar surface area (TPSA) is 21.3 Å². The quantitative estimate of drug-likeness (QED) is 0.855. The summed E-state index contributed by atoms with van der Waals surface area (Å²) in [6.07, 6.45) is 5.45. The molecular weight excluding hydrogens is 222 g/mol. The molecular formula is C16H25NO. The van der Waals surface area contributed by atoms with Crippen LogP contribution in [-0.2, 0) is 6.54 Å². The Kier molecular flexibility index (Phi) is 5.06. The van der Waals surface area contributed by atoms with Crippen LogP contribution in [-0.4, -0.2) is 12.6 Å². The molecule has 0 saturated heterocycles. The van der Waals surface area contributed by atoms with E-state index in [0.717, 1.165) is 24.8 Å². The Labute approximate surface area is 111 Å². The fraction of sp³-hybridized carbons (Fsp3) is 0.625. The summed E-state index contributed by atoms with van der Waals surface area (Å²) < 4.78 is 5.45. The normalized spacial score (nSPS) is 23.9. The highest BCUT2D eigenvalue weighted by molar-refractivity contribution is 5.27. The van der Waals surface area contributed by atoms with Gasteiger partial charge in [-0.1, -0.05) is 31.9 Å². The lowest BCUT2D eigenvalue weighted by Gasteiger charge is -2.27. The molecule has 0 radical (unpaired) electrons. The third kappa shape index (κ3) is 4.02. The SMILES string of the molecule is CCOc1ccc(CNC2CCCC(C)C2)cc1. The van der Waals surface area contributed by atoms with Gasteiger partial charge in [-0.25, -0.2) is 0 Å². The highest BCUT2D eigenvalue weighted by Crippen LogP contribution is 2.23. The van der Waals surface area contributed by atoms with Crippen LogP contribution in [0.1, 0.15) is 45.1 Å². The summed E-state index contributed by atoms with van der Waals surface area (Å²) in [6.45, 7) is 6.09. The van der Waals surface area contributed by atoms with Gasteiger partial charge in [-0.3, -0.25) is 0 Å². The molecule has 0 aromatic heterocycles.